The molecular weight excluding hydrogens is 387 g/mol. The molecule has 1 heterocycles. The van der Waals surface area contributed by atoms with E-state index in [0.717, 1.165) is 11.1 Å². The van der Waals surface area contributed by atoms with Crippen molar-refractivity contribution in [1.82, 2.24) is 4.98 Å². The number of anilines is 2. The second-order valence-corrected chi connectivity index (χ2v) is 7.82. The minimum Gasteiger partial charge on any atom is -0.481 e. The molecule has 6 heteroatoms. The van der Waals surface area contributed by atoms with Crippen molar-refractivity contribution in [3.8, 4) is 0 Å². The summed E-state index contributed by atoms with van der Waals surface area (Å²) in [5.74, 6) is -1.21. The van der Waals surface area contributed by atoms with E-state index in [1.54, 1.807) is 12.1 Å². The Balaban J connectivity index is 1.60. The number of benzene rings is 2. The molecule has 0 amide bonds. The molecule has 2 aromatic carbocycles. The maximum atomic E-state index is 13.4. The summed E-state index contributed by atoms with van der Waals surface area (Å²) in [5.41, 5.74) is 2.76. The highest BCUT2D eigenvalue weighted by Crippen LogP contribution is 2.40. The van der Waals surface area contributed by atoms with E-state index in [1.165, 1.54) is 23.5 Å². The maximum absolute atomic E-state index is 13.4. The van der Waals surface area contributed by atoms with Crippen LogP contribution in [-0.2, 0) is 10.2 Å². The van der Waals surface area contributed by atoms with Crippen molar-refractivity contribution >= 4 is 33.7 Å². The highest BCUT2D eigenvalue weighted by Gasteiger charge is 2.35. The number of hydrogen-bond donors (Lipinski definition) is 2. The van der Waals surface area contributed by atoms with Crippen molar-refractivity contribution in [2.24, 2.45) is 0 Å². The summed E-state index contributed by atoms with van der Waals surface area (Å²) in [6.07, 6.45) is 6.48. The van der Waals surface area contributed by atoms with E-state index in [-0.39, 0.29) is 12.2 Å². The average molecular weight is 406 g/mol. The third kappa shape index (κ3) is 4.27. The summed E-state index contributed by atoms with van der Waals surface area (Å²) in [5, 5.41) is 15.1. The number of hydrogen-bond acceptors (Lipinski definition) is 4. The Morgan fingerprint density at radius 2 is 2.03 bits per heavy atom. The Labute approximate surface area is 172 Å². The number of allylic oxidation sites excluding steroid dienone is 4. The van der Waals surface area contributed by atoms with Crippen LogP contribution in [-0.4, -0.2) is 16.1 Å². The Morgan fingerprint density at radius 3 is 2.72 bits per heavy atom. The van der Waals surface area contributed by atoms with E-state index in [2.05, 4.69) is 16.4 Å². The van der Waals surface area contributed by atoms with Gasteiger partial charge in [-0.05, 0) is 35.8 Å². The zero-order valence-corrected chi connectivity index (χ0v) is 16.3. The van der Waals surface area contributed by atoms with Crippen LogP contribution in [0.15, 0.2) is 78.2 Å². The van der Waals surface area contributed by atoms with Crippen LogP contribution >= 0.6 is 11.3 Å². The predicted molar refractivity (Wildman–Crippen MR) is 114 cm³/mol. The Hall–Kier alpha value is -3.25. The molecule has 146 valence electrons. The molecule has 0 bridgehead atoms. The molecule has 1 aliphatic rings. The summed E-state index contributed by atoms with van der Waals surface area (Å²) >= 11 is 1.37. The molecule has 0 fully saturated rings. The van der Waals surface area contributed by atoms with Crippen LogP contribution in [0.3, 0.4) is 0 Å². The van der Waals surface area contributed by atoms with Crippen LogP contribution in [0.2, 0.25) is 0 Å². The molecule has 2 N–H and O–H groups in total. The summed E-state index contributed by atoms with van der Waals surface area (Å²) in [6.45, 7) is 0. The van der Waals surface area contributed by atoms with Crippen molar-refractivity contribution in [2.75, 3.05) is 5.32 Å². The lowest BCUT2D eigenvalue weighted by atomic mass is 9.74. The molecule has 0 aliphatic heterocycles. The molecule has 0 saturated carbocycles. The van der Waals surface area contributed by atoms with Gasteiger partial charge in [-0.25, -0.2) is 9.37 Å². The molecule has 29 heavy (non-hydrogen) atoms. The normalized spacial score (nSPS) is 18.3. The number of carbonyl (C=O) groups is 1. The molecule has 0 spiro atoms. The van der Waals surface area contributed by atoms with Gasteiger partial charge in [0, 0.05) is 16.5 Å². The van der Waals surface area contributed by atoms with Gasteiger partial charge < -0.3 is 10.4 Å². The third-order valence-corrected chi connectivity index (χ3v) is 5.69. The predicted octanol–water partition coefficient (Wildman–Crippen LogP) is 5.78. The SMILES string of the molecule is O=C(O)CC1(c2csc(Nc3cccc(F)c3)n2)C=CC(c2ccccc2)=CC1. The van der Waals surface area contributed by atoms with E-state index in [1.807, 2.05) is 47.9 Å². The third-order valence-electron chi connectivity index (χ3n) is 4.93. The van der Waals surface area contributed by atoms with Gasteiger partial charge in [0.2, 0.25) is 0 Å². The number of nitrogens with one attached hydrogen (secondary N) is 1. The van der Waals surface area contributed by atoms with Crippen LogP contribution in [0, 0.1) is 5.82 Å². The van der Waals surface area contributed by atoms with Crippen LogP contribution in [0.1, 0.15) is 24.1 Å². The first-order chi connectivity index (χ1) is 14.0. The van der Waals surface area contributed by atoms with E-state index < -0.39 is 11.4 Å². The van der Waals surface area contributed by atoms with Gasteiger partial charge >= 0.3 is 5.97 Å². The van der Waals surface area contributed by atoms with Gasteiger partial charge in [-0.3, -0.25) is 4.79 Å². The van der Waals surface area contributed by atoms with Gasteiger partial charge in [0.25, 0.3) is 0 Å². The van der Waals surface area contributed by atoms with E-state index in [9.17, 15) is 14.3 Å². The smallest absolute Gasteiger partial charge is 0.304 e. The van der Waals surface area contributed by atoms with Crippen LogP contribution in [0.4, 0.5) is 15.2 Å². The lowest BCUT2D eigenvalue weighted by molar-refractivity contribution is -0.138. The maximum Gasteiger partial charge on any atom is 0.304 e. The topological polar surface area (TPSA) is 62.2 Å². The zero-order chi connectivity index (χ0) is 20.3. The monoisotopic (exact) mass is 406 g/mol. The van der Waals surface area contributed by atoms with Gasteiger partial charge in [-0.1, -0.05) is 54.6 Å². The Bertz CT molecular complexity index is 1090. The first-order valence-corrected chi connectivity index (χ1v) is 10.1. The number of halogens is 1. The van der Waals surface area contributed by atoms with Gasteiger partial charge in [-0.15, -0.1) is 11.3 Å². The van der Waals surface area contributed by atoms with E-state index in [0.29, 0.717) is 22.9 Å². The largest absolute Gasteiger partial charge is 0.481 e. The highest BCUT2D eigenvalue weighted by molar-refractivity contribution is 7.13. The first kappa shape index (κ1) is 19.1. The second kappa shape index (κ2) is 8.01. The molecule has 0 radical (unpaired) electrons. The molecule has 1 aromatic heterocycles. The number of carboxylic acids is 1. The molecular formula is C23H19FN2O2S. The van der Waals surface area contributed by atoms with Crippen molar-refractivity contribution in [2.45, 2.75) is 18.3 Å². The van der Waals surface area contributed by atoms with E-state index >= 15 is 0 Å². The minimum atomic E-state index is -0.876. The second-order valence-electron chi connectivity index (χ2n) is 6.96. The summed E-state index contributed by atoms with van der Waals surface area (Å²) < 4.78 is 13.4. The summed E-state index contributed by atoms with van der Waals surface area (Å²) in [4.78, 5) is 16.2. The Morgan fingerprint density at radius 1 is 1.21 bits per heavy atom. The molecule has 4 rings (SSSR count). The average Bonchev–Trinajstić information content (AvgIpc) is 3.18. The molecule has 1 aliphatic carbocycles. The van der Waals surface area contributed by atoms with Crippen LogP contribution in [0.5, 0.6) is 0 Å². The number of carboxylic acid groups (broad SMARTS) is 1. The fraction of sp³-hybridized carbons (Fsp3) is 0.130. The van der Waals surface area contributed by atoms with Crippen LogP contribution in [0.25, 0.3) is 5.57 Å². The van der Waals surface area contributed by atoms with E-state index in [4.69, 9.17) is 0 Å². The Kier molecular flexibility index (Phi) is 5.27. The van der Waals surface area contributed by atoms with Gasteiger partial charge in [-0.2, -0.15) is 0 Å². The standard InChI is InChI=1S/C23H19FN2O2S/c24-18-7-4-8-19(13-18)25-22-26-20(15-29-22)23(14-21(27)28)11-9-17(10-12-23)16-5-2-1-3-6-16/h1-11,13,15H,12,14H2,(H,25,26)(H,27,28). The van der Waals surface area contributed by atoms with Crippen LogP contribution < -0.4 is 5.32 Å². The molecule has 1 unspecified atom stereocenters. The number of nitrogens with zero attached hydrogens (tertiary/aromatic N) is 1. The van der Waals surface area contributed by atoms with Crippen molar-refractivity contribution < 1.29 is 14.3 Å². The fourth-order valence-electron chi connectivity index (χ4n) is 3.45. The summed E-state index contributed by atoms with van der Waals surface area (Å²) in [6, 6.07) is 16.1. The molecule has 3 aromatic rings. The molecule has 4 nitrogen and oxygen atoms in total. The van der Waals surface area contributed by atoms with Gasteiger partial charge in [0.15, 0.2) is 5.13 Å². The molecule has 0 saturated heterocycles. The number of aromatic nitrogens is 1. The number of rotatable bonds is 6. The van der Waals surface area contributed by atoms with Crippen molar-refractivity contribution in [3.63, 3.8) is 0 Å². The number of thiazole rings is 1. The zero-order valence-electron chi connectivity index (χ0n) is 15.5. The lowest BCUT2D eigenvalue weighted by Gasteiger charge is -2.29. The van der Waals surface area contributed by atoms with Gasteiger partial charge in [0.1, 0.15) is 5.82 Å². The lowest BCUT2D eigenvalue weighted by Crippen LogP contribution is -2.28. The first-order valence-electron chi connectivity index (χ1n) is 9.19. The minimum absolute atomic E-state index is 0.0504. The number of aliphatic carboxylic acids is 1. The fourth-order valence-corrected chi connectivity index (χ4v) is 4.29. The van der Waals surface area contributed by atoms with Crippen molar-refractivity contribution in [1.29, 1.82) is 0 Å². The quantitative estimate of drug-likeness (QED) is 0.545. The van der Waals surface area contributed by atoms with Crippen molar-refractivity contribution in [3.05, 3.63) is 95.3 Å². The van der Waals surface area contributed by atoms with Gasteiger partial charge in [0.05, 0.1) is 12.1 Å². The summed E-state index contributed by atoms with van der Waals surface area (Å²) in [7, 11) is 0. The highest BCUT2D eigenvalue weighted by atomic mass is 32.1. The molecule has 1 atom stereocenters.